The van der Waals surface area contributed by atoms with Gasteiger partial charge in [-0.25, -0.2) is 0 Å². The van der Waals surface area contributed by atoms with E-state index in [9.17, 15) is 4.79 Å². The molecule has 1 aromatic carbocycles. The van der Waals surface area contributed by atoms with E-state index < -0.39 is 11.4 Å². The number of rotatable bonds is 9. The first-order valence-electron chi connectivity index (χ1n) is 7.84. The highest BCUT2D eigenvalue weighted by molar-refractivity contribution is 5.73. The van der Waals surface area contributed by atoms with Gasteiger partial charge in [-0.15, -0.1) is 0 Å². The van der Waals surface area contributed by atoms with E-state index in [0.29, 0.717) is 6.04 Å². The van der Waals surface area contributed by atoms with E-state index in [2.05, 4.69) is 43.0 Å². The van der Waals surface area contributed by atoms with Gasteiger partial charge in [-0.1, -0.05) is 36.8 Å². The SMILES string of the molecule is CC(C)N(CCCCC(C)(C)C(=O)O)Cc1ccccc1. The Labute approximate surface area is 129 Å². The van der Waals surface area contributed by atoms with Gasteiger partial charge in [0, 0.05) is 12.6 Å². The highest BCUT2D eigenvalue weighted by Crippen LogP contribution is 2.23. The van der Waals surface area contributed by atoms with Gasteiger partial charge in [-0.3, -0.25) is 9.69 Å². The molecule has 118 valence electrons. The summed E-state index contributed by atoms with van der Waals surface area (Å²) in [5.41, 5.74) is 0.722. The van der Waals surface area contributed by atoms with Crippen LogP contribution in [0, 0.1) is 5.41 Å². The third kappa shape index (κ3) is 6.30. The van der Waals surface area contributed by atoms with E-state index in [1.165, 1.54) is 5.56 Å². The molecule has 0 radical (unpaired) electrons. The molecule has 21 heavy (non-hydrogen) atoms. The number of hydrogen-bond donors (Lipinski definition) is 1. The summed E-state index contributed by atoms with van der Waals surface area (Å²) in [6.07, 6.45) is 2.73. The molecule has 1 N–H and O–H groups in total. The summed E-state index contributed by atoms with van der Waals surface area (Å²) in [5, 5.41) is 9.12. The van der Waals surface area contributed by atoms with Crippen molar-refractivity contribution in [1.82, 2.24) is 4.90 Å². The van der Waals surface area contributed by atoms with Crippen LogP contribution in [0.5, 0.6) is 0 Å². The molecule has 0 atom stereocenters. The minimum Gasteiger partial charge on any atom is -0.481 e. The normalized spacial score (nSPS) is 12.1. The Kier molecular flexibility index (Phi) is 6.90. The third-order valence-corrected chi connectivity index (χ3v) is 4.03. The lowest BCUT2D eigenvalue weighted by atomic mass is 9.87. The predicted octanol–water partition coefficient (Wildman–Crippen LogP) is 4.18. The van der Waals surface area contributed by atoms with E-state index in [-0.39, 0.29) is 0 Å². The fourth-order valence-corrected chi connectivity index (χ4v) is 2.33. The average Bonchev–Trinajstić information content (AvgIpc) is 2.42. The summed E-state index contributed by atoms with van der Waals surface area (Å²) < 4.78 is 0. The molecule has 0 unspecified atom stereocenters. The van der Waals surface area contributed by atoms with Crippen LogP contribution in [0.1, 0.15) is 52.5 Å². The molecule has 0 amide bonds. The molecule has 0 aliphatic rings. The molecular weight excluding hydrogens is 262 g/mol. The number of benzene rings is 1. The maximum atomic E-state index is 11.1. The average molecular weight is 291 g/mol. The van der Waals surface area contributed by atoms with Crippen LogP contribution in [-0.2, 0) is 11.3 Å². The van der Waals surface area contributed by atoms with Crippen LogP contribution in [-0.4, -0.2) is 28.6 Å². The Bertz CT molecular complexity index is 426. The molecule has 0 bridgehead atoms. The van der Waals surface area contributed by atoms with Crippen molar-refractivity contribution in [2.24, 2.45) is 5.41 Å². The first kappa shape index (κ1) is 17.7. The van der Waals surface area contributed by atoms with E-state index in [0.717, 1.165) is 32.4 Å². The van der Waals surface area contributed by atoms with Crippen molar-refractivity contribution in [2.45, 2.75) is 59.5 Å². The highest BCUT2D eigenvalue weighted by Gasteiger charge is 2.26. The van der Waals surface area contributed by atoms with E-state index in [1.54, 1.807) is 13.8 Å². The standard InChI is InChI=1S/C18H29NO2/c1-15(2)19(14-16-10-6-5-7-11-16)13-9-8-12-18(3,4)17(20)21/h5-7,10-11,15H,8-9,12-14H2,1-4H3,(H,20,21). The Morgan fingerprint density at radius 3 is 2.33 bits per heavy atom. The summed E-state index contributed by atoms with van der Waals surface area (Å²) in [6, 6.07) is 11.0. The molecule has 1 aromatic rings. The largest absolute Gasteiger partial charge is 0.481 e. The maximum Gasteiger partial charge on any atom is 0.309 e. The van der Waals surface area contributed by atoms with Crippen molar-refractivity contribution in [3.8, 4) is 0 Å². The smallest absolute Gasteiger partial charge is 0.309 e. The van der Waals surface area contributed by atoms with Crippen molar-refractivity contribution >= 4 is 5.97 Å². The van der Waals surface area contributed by atoms with Gasteiger partial charge in [0.1, 0.15) is 0 Å². The predicted molar refractivity (Wildman–Crippen MR) is 87.3 cm³/mol. The highest BCUT2D eigenvalue weighted by atomic mass is 16.4. The van der Waals surface area contributed by atoms with Crippen molar-refractivity contribution in [3.63, 3.8) is 0 Å². The number of carbonyl (C=O) groups is 1. The second-order valence-corrected chi connectivity index (χ2v) is 6.70. The Balaban J connectivity index is 2.41. The summed E-state index contributed by atoms with van der Waals surface area (Å²) >= 11 is 0. The number of aliphatic carboxylic acids is 1. The van der Waals surface area contributed by atoms with Crippen LogP contribution >= 0.6 is 0 Å². The van der Waals surface area contributed by atoms with Crippen molar-refractivity contribution in [1.29, 1.82) is 0 Å². The second kappa shape index (κ2) is 8.18. The number of hydrogen-bond acceptors (Lipinski definition) is 2. The zero-order valence-corrected chi connectivity index (χ0v) is 13.8. The van der Waals surface area contributed by atoms with Crippen molar-refractivity contribution in [2.75, 3.05) is 6.54 Å². The summed E-state index contributed by atoms with van der Waals surface area (Å²) in [7, 11) is 0. The lowest BCUT2D eigenvalue weighted by molar-refractivity contribution is -0.147. The Morgan fingerprint density at radius 1 is 1.19 bits per heavy atom. The van der Waals surface area contributed by atoms with Crippen LogP contribution in [0.15, 0.2) is 30.3 Å². The number of carboxylic acid groups (broad SMARTS) is 1. The van der Waals surface area contributed by atoms with Gasteiger partial charge >= 0.3 is 5.97 Å². The van der Waals surface area contributed by atoms with Gasteiger partial charge in [0.25, 0.3) is 0 Å². The lowest BCUT2D eigenvalue weighted by Gasteiger charge is -2.27. The number of unbranched alkanes of at least 4 members (excludes halogenated alkanes) is 1. The van der Waals surface area contributed by atoms with E-state index in [1.807, 2.05) is 6.07 Å². The lowest BCUT2D eigenvalue weighted by Crippen LogP contribution is -2.31. The molecule has 0 saturated heterocycles. The van der Waals surface area contributed by atoms with Gasteiger partial charge in [0.15, 0.2) is 0 Å². The maximum absolute atomic E-state index is 11.1. The molecule has 3 nitrogen and oxygen atoms in total. The van der Waals surface area contributed by atoms with Gasteiger partial charge < -0.3 is 5.11 Å². The van der Waals surface area contributed by atoms with Gasteiger partial charge in [-0.05, 0) is 52.6 Å². The van der Waals surface area contributed by atoms with E-state index in [4.69, 9.17) is 5.11 Å². The quantitative estimate of drug-likeness (QED) is 0.694. The fraction of sp³-hybridized carbons (Fsp3) is 0.611. The van der Waals surface area contributed by atoms with Crippen molar-refractivity contribution < 1.29 is 9.90 Å². The summed E-state index contributed by atoms with van der Waals surface area (Å²) in [4.78, 5) is 13.5. The molecule has 0 heterocycles. The first-order chi connectivity index (χ1) is 9.83. The molecule has 1 rings (SSSR count). The van der Waals surface area contributed by atoms with E-state index >= 15 is 0 Å². The molecule has 0 fully saturated rings. The van der Waals surface area contributed by atoms with Crippen molar-refractivity contribution in [3.05, 3.63) is 35.9 Å². The summed E-state index contributed by atoms with van der Waals surface area (Å²) in [5.74, 6) is -0.701. The molecular formula is C18H29NO2. The zero-order valence-electron chi connectivity index (χ0n) is 13.8. The van der Waals surface area contributed by atoms with Crippen LogP contribution in [0.2, 0.25) is 0 Å². The van der Waals surface area contributed by atoms with Gasteiger partial charge in [-0.2, -0.15) is 0 Å². The molecule has 0 aliphatic carbocycles. The van der Waals surface area contributed by atoms with Crippen LogP contribution < -0.4 is 0 Å². The molecule has 0 aromatic heterocycles. The fourth-order valence-electron chi connectivity index (χ4n) is 2.33. The molecule has 0 saturated carbocycles. The number of carboxylic acids is 1. The van der Waals surface area contributed by atoms with Crippen LogP contribution in [0.3, 0.4) is 0 Å². The summed E-state index contributed by atoms with van der Waals surface area (Å²) in [6.45, 7) is 10.0. The topological polar surface area (TPSA) is 40.5 Å². The van der Waals surface area contributed by atoms with Gasteiger partial charge in [0.2, 0.25) is 0 Å². The third-order valence-electron chi connectivity index (χ3n) is 4.03. The first-order valence-corrected chi connectivity index (χ1v) is 7.84. The minimum atomic E-state index is -0.701. The van der Waals surface area contributed by atoms with Gasteiger partial charge in [0.05, 0.1) is 5.41 Å². The monoisotopic (exact) mass is 291 g/mol. The Hall–Kier alpha value is -1.35. The molecule has 0 aliphatic heterocycles. The molecule has 3 heteroatoms. The zero-order chi connectivity index (χ0) is 15.9. The Morgan fingerprint density at radius 2 is 1.81 bits per heavy atom. The van der Waals surface area contributed by atoms with Crippen LogP contribution in [0.4, 0.5) is 0 Å². The number of nitrogens with zero attached hydrogens (tertiary/aromatic N) is 1. The second-order valence-electron chi connectivity index (χ2n) is 6.70. The minimum absolute atomic E-state index is 0.498. The molecule has 0 spiro atoms. The van der Waals surface area contributed by atoms with Crippen LogP contribution in [0.25, 0.3) is 0 Å².